The fourth-order valence-corrected chi connectivity index (χ4v) is 6.03. The van der Waals surface area contributed by atoms with Crippen LogP contribution < -0.4 is 14.8 Å². The van der Waals surface area contributed by atoms with Gasteiger partial charge in [0, 0.05) is 29.2 Å². The predicted octanol–water partition coefficient (Wildman–Crippen LogP) is 3.76. The number of hydrogen-bond donors (Lipinski definition) is 1. The second kappa shape index (κ2) is 7.14. The van der Waals surface area contributed by atoms with Crippen LogP contribution in [0.2, 0.25) is 5.02 Å². The van der Waals surface area contributed by atoms with Crippen molar-refractivity contribution in [1.82, 2.24) is 10.2 Å². The second-order valence-electron chi connectivity index (χ2n) is 9.73. The maximum atomic E-state index is 12.4. The number of hydrogen-bond acceptors (Lipinski definition) is 4. The molecule has 5 nitrogen and oxygen atoms in total. The van der Waals surface area contributed by atoms with Gasteiger partial charge in [0.25, 0.3) is 5.91 Å². The van der Waals surface area contributed by atoms with E-state index in [2.05, 4.69) is 28.4 Å². The van der Waals surface area contributed by atoms with Gasteiger partial charge in [0.1, 0.15) is 17.6 Å². The van der Waals surface area contributed by atoms with Crippen LogP contribution in [0.25, 0.3) is 0 Å². The number of amides is 1. The first-order valence-electron chi connectivity index (χ1n) is 11.2. The molecule has 3 saturated carbocycles. The van der Waals surface area contributed by atoms with Gasteiger partial charge >= 0.3 is 0 Å². The summed E-state index contributed by atoms with van der Waals surface area (Å²) in [6.07, 6.45) is 6.86. The average Bonchev–Trinajstić information content (AvgIpc) is 3.13. The molecule has 2 bridgehead atoms. The van der Waals surface area contributed by atoms with E-state index in [0.717, 1.165) is 44.5 Å². The smallest absolute Gasteiger partial charge is 0.258 e. The number of benzene rings is 2. The summed E-state index contributed by atoms with van der Waals surface area (Å²) in [6, 6.07) is 13.6. The highest BCUT2D eigenvalue weighted by Crippen LogP contribution is 2.64. The summed E-state index contributed by atoms with van der Waals surface area (Å²) in [5.41, 5.74) is 3.16. The van der Waals surface area contributed by atoms with Gasteiger partial charge in [0.2, 0.25) is 0 Å². The van der Waals surface area contributed by atoms with Gasteiger partial charge in [-0.3, -0.25) is 9.69 Å². The van der Waals surface area contributed by atoms with Crippen LogP contribution in [0.5, 0.6) is 11.5 Å². The molecule has 31 heavy (non-hydrogen) atoms. The molecule has 1 unspecified atom stereocenters. The van der Waals surface area contributed by atoms with E-state index in [0.29, 0.717) is 10.8 Å². The Hall–Kier alpha value is -2.24. The number of aryl methyl sites for hydroxylation is 2. The molecule has 0 aromatic heterocycles. The van der Waals surface area contributed by atoms with Gasteiger partial charge in [-0.2, -0.15) is 0 Å². The summed E-state index contributed by atoms with van der Waals surface area (Å²) in [5, 5.41) is 3.86. The van der Waals surface area contributed by atoms with Gasteiger partial charge in [-0.25, -0.2) is 0 Å². The molecular weight excluding hydrogens is 412 g/mol. The largest absolute Gasteiger partial charge is 0.489 e. The Bertz CT molecular complexity index is 1000. The van der Waals surface area contributed by atoms with Crippen molar-refractivity contribution in [3.8, 4) is 11.5 Å². The van der Waals surface area contributed by atoms with Gasteiger partial charge < -0.3 is 14.8 Å². The monoisotopic (exact) mass is 438 g/mol. The number of likely N-dealkylation sites (tertiary alicyclic amines) is 1. The van der Waals surface area contributed by atoms with Crippen LogP contribution in [0.15, 0.2) is 42.5 Å². The zero-order valence-electron chi connectivity index (χ0n) is 17.5. The standard InChI is InChI=1S/C25H27ClN2O3/c26-19-4-7-20(8-5-19)30-13-23(29)27-24-14-25(15-24,16-24)28-10-9-22(12-28)31-21-6-3-17-1-2-18(17)11-21/h3-8,11,22H,1-2,9-10,12-16H2,(H,27,29). The maximum absolute atomic E-state index is 12.4. The lowest BCUT2D eigenvalue weighted by Crippen LogP contribution is -2.83. The van der Waals surface area contributed by atoms with E-state index in [-0.39, 0.29) is 29.7 Å². The van der Waals surface area contributed by atoms with Gasteiger partial charge in [0.15, 0.2) is 6.61 Å². The molecule has 1 amide bonds. The Morgan fingerprint density at radius 1 is 1.06 bits per heavy atom. The van der Waals surface area contributed by atoms with E-state index >= 15 is 0 Å². The van der Waals surface area contributed by atoms with E-state index in [1.165, 1.54) is 24.0 Å². The fraction of sp³-hybridized carbons (Fsp3) is 0.480. The van der Waals surface area contributed by atoms with Crippen LogP contribution in [-0.2, 0) is 17.6 Å². The number of nitrogens with zero attached hydrogens (tertiary/aromatic N) is 1. The zero-order valence-corrected chi connectivity index (χ0v) is 18.3. The van der Waals surface area contributed by atoms with E-state index < -0.39 is 0 Å². The number of nitrogens with one attached hydrogen (secondary N) is 1. The Kier molecular flexibility index (Phi) is 4.48. The lowest BCUT2D eigenvalue weighted by atomic mass is 9.43. The summed E-state index contributed by atoms with van der Waals surface area (Å²) in [4.78, 5) is 15.0. The summed E-state index contributed by atoms with van der Waals surface area (Å²) < 4.78 is 11.9. The lowest BCUT2D eigenvalue weighted by molar-refractivity contribution is -0.179. The molecule has 7 rings (SSSR count). The van der Waals surface area contributed by atoms with Crippen molar-refractivity contribution in [2.45, 2.75) is 55.7 Å². The molecule has 2 aromatic carbocycles. The maximum Gasteiger partial charge on any atom is 0.258 e. The van der Waals surface area contributed by atoms with Crippen LogP contribution in [0, 0.1) is 0 Å². The zero-order chi connectivity index (χ0) is 21.1. The molecule has 162 valence electrons. The molecule has 1 heterocycles. The molecule has 1 atom stereocenters. The Morgan fingerprint density at radius 3 is 2.52 bits per heavy atom. The number of fused-ring (bicyclic) bond motifs is 1. The number of ether oxygens (including phenoxy) is 2. The van der Waals surface area contributed by atoms with E-state index in [1.54, 1.807) is 24.3 Å². The van der Waals surface area contributed by atoms with Crippen molar-refractivity contribution in [2.75, 3.05) is 19.7 Å². The van der Waals surface area contributed by atoms with E-state index in [9.17, 15) is 4.79 Å². The minimum absolute atomic E-state index is 0.0267. The molecule has 6 heteroatoms. The molecule has 4 aliphatic carbocycles. The van der Waals surface area contributed by atoms with Crippen LogP contribution in [0.1, 0.15) is 36.8 Å². The second-order valence-corrected chi connectivity index (χ2v) is 10.2. The van der Waals surface area contributed by atoms with E-state index in [4.69, 9.17) is 21.1 Å². The Morgan fingerprint density at radius 2 is 1.81 bits per heavy atom. The molecule has 1 N–H and O–H groups in total. The number of carbonyl (C=O) groups excluding carboxylic acids is 1. The van der Waals surface area contributed by atoms with Crippen LogP contribution >= 0.6 is 11.6 Å². The van der Waals surface area contributed by atoms with Crippen molar-refractivity contribution >= 4 is 17.5 Å². The molecule has 4 fully saturated rings. The molecule has 1 aliphatic heterocycles. The minimum Gasteiger partial charge on any atom is -0.489 e. The topological polar surface area (TPSA) is 50.8 Å². The Balaban J connectivity index is 0.964. The summed E-state index contributed by atoms with van der Waals surface area (Å²) in [6.45, 7) is 2.11. The third kappa shape index (κ3) is 3.48. The first-order valence-corrected chi connectivity index (χ1v) is 11.6. The van der Waals surface area contributed by atoms with Crippen molar-refractivity contribution in [3.63, 3.8) is 0 Å². The summed E-state index contributed by atoms with van der Waals surface area (Å²) in [7, 11) is 0. The highest BCUT2D eigenvalue weighted by molar-refractivity contribution is 6.30. The van der Waals surface area contributed by atoms with Gasteiger partial charge in [-0.1, -0.05) is 17.7 Å². The molecule has 2 aromatic rings. The third-order valence-electron chi connectivity index (χ3n) is 7.55. The molecule has 0 spiro atoms. The molecule has 1 saturated heterocycles. The summed E-state index contributed by atoms with van der Waals surface area (Å²) >= 11 is 5.88. The third-order valence-corrected chi connectivity index (χ3v) is 7.80. The van der Waals surface area contributed by atoms with Crippen LogP contribution in [-0.4, -0.2) is 47.7 Å². The lowest BCUT2D eigenvalue weighted by Gasteiger charge is -2.73. The minimum atomic E-state index is -0.0495. The highest BCUT2D eigenvalue weighted by atomic mass is 35.5. The Labute approximate surface area is 187 Å². The van der Waals surface area contributed by atoms with Gasteiger partial charge in [-0.05, 0) is 86.1 Å². The fourth-order valence-electron chi connectivity index (χ4n) is 5.91. The summed E-state index contributed by atoms with van der Waals surface area (Å²) in [5.74, 6) is 1.63. The number of rotatable bonds is 7. The average molecular weight is 439 g/mol. The first kappa shape index (κ1) is 19.4. The predicted molar refractivity (Wildman–Crippen MR) is 119 cm³/mol. The SMILES string of the molecule is O=C(COc1ccc(Cl)cc1)NC12CC(N3CCC(Oc4ccc5c(c4)CC5)C3)(C1)C2. The number of carbonyl (C=O) groups is 1. The normalized spacial score (nSPS) is 30.4. The highest BCUT2D eigenvalue weighted by Gasteiger charge is 2.71. The molecule has 5 aliphatic rings. The van der Waals surface area contributed by atoms with E-state index in [1.807, 2.05) is 0 Å². The molecular formula is C25H27ClN2O3. The van der Waals surface area contributed by atoms with Crippen molar-refractivity contribution in [2.24, 2.45) is 0 Å². The van der Waals surface area contributed by atoms with Gasteiger partial charge in [0.05, 0.1) is 0 Å². The number of halogens is 1. The van der Waals surface area contributed by atoms with Crippen LogP contribution in [0.3, 0.4) is 0 Å². The van der Waals surface area contributed by atoms with Crippen molar-refractivity contribution in [3.05, 3.63) is 58.6 Å². The quantitative estimate of drug-likeness (QED) is 0.715. The molecule has 0 radical (unpaired) electrons. The van der Waals surface area contributed by atoms with Crippen molar-refractivity contribution in [1.29, 1.82) is 0 Å². The van der Waals surface area contributed by atoms with Gasteiger partial charge in [-0.15, -0.1) is 0 Å². The van der Waals surface area contributed by atoms with Crippen molar-refractivity contribution < 1.29 is 14.3 Å². The first-order chi connectivity index (χ1) is 15.0. The van der Waals surface area contributed by atoms with Crippen LogP contribution in [0.4, 0.5) is 0 Å².